The number of rotatable bonds is 2. The maximum Gasteiger partial charge on any atom is 0.170 e. The second-order valence-corrected chi connectivity index (χ2v) is 5.87. The molecule has 3 nitrogen and oxygen atoms in total. The zero-order valence-corrected chi connectivity index (χ0v) is 12.4. The quantitative estimate of drug-likeness (QED) is 0.790. The average Bonchev–Trinajstić information content (AvgIpc) is 2.80. The van der Waals surface area contributed by atoms with E-state index < -0.39 is 0 Å². The van der Waals surface area contributed by atoms with E-state index >= 15 is 0 Å². The van der Waals surface area contributed by atoms with Crippen LogP contribution in [0.5, 0.6) is 0 Å². The van der Waals surface area contributed by atoms with Gasteiger partial charge in [-0.25, -0.2) is 4.98 Å². The average molecular weight is 319 g/mol. The van der Waals surface area contributed by atoms with Crippen molar-refractivity contribution < 1.29 is 4.79 Å². The smallest absolute Gasteiger partial charge is 0.170 e. The number of halogens is 1. The molecule has 0 radical (unpaired) electrons. The molecule has 0 atom stereocenters. The monoisotopic (exact) mass is 318 g/mol. The Bertz CT molecular complexity index is 646. The van der Waals surface area contributed by atoms with Gasteiger partial charge in [0.05, 0.1) is 0 Å². The third kappa shape index (κ3) is 2.14. The number of aryl methyl sites for hydroxylation is 1. The molecule has 0 saturated carbocycles. The van der Waals surface area contributed by atoms with Gasteiger partial charge in [-0.1, -0.05) is 22.0 Å². The number of hydrogen-bond acceptors (Lipinski definition) is 2. The van der Waals surface area contributed by atoms with E-state index in [1.54, 1.807) is 0 Å². The molecule has 0 N–H and O–H groups in total. The lowest BCUT2D eigenvalue weighted by Gasteiger charge is -2.17. The largest absolute Gasteiger partial charge is 0.327 e. The lowest BCUT2D eigenvalue weighted by Crippen LogP contribution is -2.12. The van der Waals surface area contributed by atoms with Crippen molar-refractivity contribution in [2.45, 2.75) is 32.7 Å². The molecule has 0 spiro atoms. The normalized spacial score (nSPS) is 14.2. The molecule has 1 aromatic heterocycles. The summed E-state index contributed by atoms with van der Waals surface area (Å²) < 4.78 is 3.25. The summed E-state index contributed by atoms with van der Waals surface area (Å²) in [6.45, 7) is 3.03. The standard InChI is InChI=1S/C15H15BrN2O/c1-10-5-6-11(16)8-12(10)15-17-13(9-19)14-4-2-3-7-18(14)15/h5-6,8-9H,2-4,7H2,1H3. The highest BCUT2D eigenvalue weighted by Gasteiger charge is 2.21. The molecule has 2 heterocycles. The van der Waals surface area contributed by atoms with Gasteiger partial charge >= 0.3 is 0 Å². The summed E-state index contributed by atoms with van der Waals surface area (Å²) in [6.07, 6.45) is 4.13. The number of aldehydes is 1. The summed E-state index contributed by atoms with van der Waals surface area (Å²) >= 11 is 3.51. The van der Waals surface area contributed by atoms with Crippen LogP contribution in [0.4, 0.5) is 0 Å². The van der Waals surface area contributed by atoms with Crippen LogP contribution in [-0.4, -0.2) is 15.8 Å². The van der Waals surface area contributed by atoms with Crippen molar-refractivity contribution in [3.8, 4) is 11.4 Å². The van der Waals surface area contributed by atoms with Crippen molar-refractivity contribution >= 4 is 22.2 Å². The predicted molar refractivity (Wildman–Crippen MR) is 78.4 cm³/mol. The minimum atomic E-state index is 0.606. The minimum absolute atomic E-state index is 0.606. The molecule has 0 amide bonds. The molecule has 1 aliphatic rings. The van der Waals surface area contributed by atoms with Crippen molar-refractivity contribution in [1.29, 1.82) is 0 Å². The molecule has 1 aromatic carbocycles. The zero-order valence-electron chi connectivity index (χ0n) is 10.8. The van der Waals surface area contributed by atoms with Crippen LogP contribution in [-0.2, 0) is 13.0 Å². The highest BCUT2D eigenvalue weighted by Crippen LogP contribution is 2.30. The molecule has 0 unspecified atom stereocenters. The van der Waals surface area contributed by atoms with Gasteiger partial charge in [-0.05, 0) is 43.9 Å². The number of benzene rings is 1. The summed E-state index contributed by atoms with van der Waals surface area (Å²) in [5.74, 6) is 0.926. The van der Waals surface area contributed by atoms with Crippen molar-refractivity contribution in [2.24, 2.45) is 0 Å². The van der Waals surface area contributed by atoms with Crippen LogP contribution in [0.15, 0.2) is 22.7 Å². The van der Waals surface area contributed by atoms with Gasteiger partial charge in [0.2, 0.25) is 0 Å². The minimum Gasteiger partial charge on any atom is -0.327 e. The first-order valence-electron chi connectivity index (χ1n) is 6.52. The number of carbonyl (C=O) groups excluding carboxylic acids is 1. The summed E-state index contributed by atoms with van der Waals surface area (Å²) in [7, 11) is 0. The highest BCUT2D eigenvalue weighted by molar-refractivity contribution is 9.10. The second-order valence-electron chi connectivity index (χ2n) is 4.95. The number of carbonyl (C=O) groups is 1. The van der Waals surface area contributed by atoms with E-state index in [-0.39, 0.29) is 0 Å². The second kappa shape index (κ2) is 4.93. The molecule has 0 aliphatic carbocycles. The number of imidazole rings is 1. The van der Waals surface area contributed by atoms with Gasteiger partial charge in [-0.3, -0.25) is 4.79 Å². The Hall–Kier alpha value is -1.42. The molecule has 0 bridgehead atoms. The highest BCUT2D eigenvalue weighted by atomic mass is 79.9. The zero-order chi connectivity index (χ0) is 13.4. The fraction of sp³-hybridized carbons (Fsp3) is 0.333. The Morgan fingerprint density at radius 3 is 3.00 bits per heavy atom. The number of aromatic nitrogens is 2. The maximum absolute atomic E-state index is 11.2. The van der Waals surface area contributed by atoms with E-state index in [9.17, 15) is 4.79 Å². The molecule has 3 rings (SSSR count). The predicted octanol–water partition coefficient (Wildman–Crippen LogP) is 3.77. The molecule has 2 aromatic rings. The fourth-order valence-corrected chi connectivity index (χ4v) is 3.07. The third-order valence-electron chi connectivity index (χ3n) is 3.70. The van der Waals surface area contributed by atoms with E-state index in [0.717, 1.165) is 53.6 Å². The number of fused-ring (bicyclic) bond motifs is 1. The molecule has 0 saturated heterocycles. The lowest BCUT2D eigenvalue weighted by molar-refractivity contribution is 0.111. The van der Waals surface area contributed by atoms with Crippen LogP contribution in [0.25, 0.3) is 11.4 Å². The molecule has 19 heavy (non-hydrogen) atoms. The summed E-state index contributed by atoms with van der Waals surface area (Å²) in [5.41, 5.74) is 3.98. The van der Waals surface area contributed by atoms with E-state index in [4.69, 9.17) is 0 Å². The van der Waals surface area contributed by atoms with Crippen LogP contribution in [0.3, 0.4) is 0 Å². The van der Waals surface area contributed by atoms with Gasteiger partial charge in [0, 0.05) is 22.3 Å². The first kappa shape index (κ1) is 12.6. The van der Waals surface area contributed by atoms with Crippen LogP contribution < -0.4 is 0 Å². The molecule has 1 aliphatic heterocycles. The van der Waals surface area contributed by atoms with Gasteiger partial charge in [-0.15, -0.1) is 0 Å². The third-order valence-corrected chi connectivity index (χ3v) is 4.19. The van der Waals surface area contributed by atoms with Crippen LogP contribution in [0.2, 0.25) is 0 Å². The summed E-state index contributed by atoms with van der Waals surface area (Å²) in [5, 5.41) is 0. The Balaban J connectivity index is 2.22. The van der Waals surface area contributed by atoms with Crippen LogP contribution >= 0.6 is 15.9 Å². The first-order valence-corrected chi connectivity index (χ1v) is 7.31. The van der Waals surface area contributed by atoms with E-state index in [1.807, 2.05) is 6.07 Å². The van der Waals surface area contributed by atoms with E-state index in [2.05, 4.69) is 44.5 Å². The molecule has 98 valence electrons. The van der Waals surface area contributed by atoms with Gasteiger partial charge < -0.3 is 4.57 Å². The van der Waals surface area contributed by atoms with Crippen molar-refractivity contribution in [2.75, 3.05) is 0 Å². The van der Waals surface area contributed by atoms with Gasteiger partial charge in [0.15, 0.2) is 6.29 Å². The van der Waals surface area contributed by atoms with E-state index in [0.29, 0.717) is 5.69 Å². The maximum atomic E-state index is 11.2. The van der Waals surface area contributed by atoms with Crippen molar-refractivity contribution in [3.05, 3.63) is 39.6 Å². The van der Waals surface area contributed by atoms with Gasteiger partial charge in [0.25, 0.3) is 0 Å². The molecule has 4 heteroatoms. The van der Waals surface area contributed by atoms with Crippen LogP contribution in [0, 0.1) is 6.92 Å². The topological polar surface area (TPSA) is 34.9 Å². The molecular weight excluding hydrogens is 304 g/mol. The fourth-order valence-electron chi connectivity index (χ4n) is 2.71. The van der Waals surface area contributed by atoms with Crippen molar-refractivity contribution in [3.63, 3.8) is 0 Å². The molecular formula is C15H15BrN2O. The van der Waals surface area contributed by atoms with Crippen molar-refractivity contribution in [1.82, 2.24) is 9.55 Å². The van der Waals surface area contributed by atoms with E-state index in [1.165, 1.54) is 5.56 Å². The Labute approximate surface area is 120 Å². The number of hydrogen-bond donors (Lipinski definition) is 0. The Kier molecular flexibility index (Phi) is 3.27. The van der Waals surface area contributed by atoms with Crippen LogP contribution in [0.1, 0.15) is 34.6 Å². The Morgan fingerprint density at radius 2 is 2.21 bits per heavy atom. The SMILES string of the molecule is Cc1ccc(Br)cc1-c1nc(C=O)c2n1CCCC2. The molecule has 0 fully saturated rings. The Morgan fingerprint density at radius 1 is 1.37 bits per heavy atom. The number of nitrogens with zero attached hydrogens (tertiary/aromatic N) is 2. The first-order chi connectivity index (χ1) is 9.20. The lowest BCUT2D eigenvalue weighted by atomic mass is 10.1. The van der Waals surface area contributed by atoms with Gasteiger partial charge in [0.1, 0.15) is 11.5 Å². The van der Waals surface area contributed by atoms with Gasteiger partial charge in [-0.2, -0.15) is 0 Å². The summed E-state index contributed by atoms with van der Waals surface area (Å²) in [4.78, 5) is 15.7. The summed E-state index contributed by atoms with van der Waals surface area (Å²) in [6, 6.07) is 6.18.